The Hall–Kier alpha value is -5.99. The topological polar surface area (TPSA) is 17.8 Å². The van der Waals surface area contributed by atoms with E-state index >= 15 is 0 Å². The summed E-state index contributed by atoms with van der Waals surface area (Å²) < 4.78 is 2.28. The highest BCUT2D eigenvalue weighted by Gasteiger charge is 2.18. The lowest BCUT2D eigenvalue weighted by atomic mass is 9.84. The number of hydrogen-bond acceptors (Lipinski definition) is 1. The second-order valence-electron chi connectivity index (χ2n) is 12.2. The number of aromatic nitrogens is 2. The average molecular weight is 601 g/mol. The summed E-state index contributed by atoms with van der Waals surface area (Å²) in [4.78, 5) is 4.87. The zero-order valence-electron chi connectivity index (χ0n) is 26.2. The van der Waals surface area contributed by atoms with E-state index in [0.717, 1.165) is 29.0 Å². The lowest BCUT2D eigenvalue weighted by Gasteiger charge is -2.19. The van der Waals surface area contributed by atoms with Crippen LogP contribution in [-0.2, 0) is 6.42 Å². The van der Waals surface area contributed by atoms with Gasteiger partial charge in [-0.15, -0.1) is 0 Å². The SMILES string of the molecule is CCc1nc2ccccc2n1-c1ccc(-c2ccc(-c3c4ccccc4c(-c4cccc5ccccc45)c4ccccc34)cc2)cc1. The number of fused-ring (bicyclic) bond motifs is 4. The second-order valence-corrected chi connectivity index (χ2v) is 12.2. The van der Waals surface area contributed by atoms with E-state index < -0.39 is 0 Å². The van der Waals surface area contributed by atoms with Crippen molar-refractivity contribution in [2.75, 3.05) is 0 Å². The van der Waals surface area contributed by atoms with Crippen molar-refractivity contribution < 1.29 is 0 Å². The molecule has 0 N–H and O–H groups in total. The molecule has 2 heteroatoms. The molecule has 222 valence electrons. The molecular weight excluding hydrogens is 569 g/mol. The summed E-state index contributed by atoms with van der Waals surface area (Å²) in [6, 6.07) is 59.5. The molecule has 0 aliphatic carbocycles. The quantitative estimate of drug-likeness (QED) is 0.180. The van der Waals surface area contributed by atoms with Gasteiger partial charge in [0.05, 0.1) is 11.0 Å². The van der Waals surface area contributed by atoms with Crippen LogP contribution < -0.4 is 0 Å². The molecule has 9 aromatic rings. The Morgan fingerprint density at radius 3 is 1.62 bits per heavy atom. The molecule has 0 spiro atoms. The van der Waals surface area contributed by atoms with Gasteiger partial charge < -0.3 is 0 Å². The third kappa shape index (κ3) is 4.45. The molecule has 1 heterocycles. The van der Waals surface area contributed by atoms with Crippen LogP contribution in [0.5, 0.6) is 0 Å². The Bertz CT molecular complexity index is 2530. The minimum Gasteiger partial charge on any atom is -0.296 e. The molecule has 0 saturated carbocycles. The van der Waals surface area contributed by atoms with Gasteiger partial charge in [-0.2, -0.15) is 0 Å². The second kappa shape index (κ2) is 11.1. The number of para-hydroxylation sites is 2. The van der Waals surface area contributed by atoms with E-state index in [1.54, 1.807) is 0 Å². The van der Waals surface area contributed by atoms with Crippen molar-refractivity contribution in [1.82, 2.24) is 9.55 Å². The monoisotopic (exact) mass is 600 g/mol. The van der Waals surface area contributed by atoms with Gasteiger partial charge in [-0.05, 0) is 90.0 Å². The molecule has 0 radical (unpaired) electrons. The van der Waals surface area contributed by atoms with Crippen molar-refractivity contribution >= 4 is 43.4 Å². The highest BCUT2D eigenvalue weighted by molar-refractivity contribution is 6.23. The highest BCUT2D eigenvalue weighted by atomic mass is 15.1. The van der Waals surface area contributed by atoms with E-state index in [1.807, 2.05) is 0 Å². The molecule has 1 aromatic heterocycles. The first-order valence-electron chi connectivity index (χ1n) is 16.4. The van der Waals surface area contributed by atoms with Crippen LogP contribution in [0.1, 0.15) is 12.7 Å². The highest BCUT2D eigenvalue weighted by Crippen LogP contribution is 2.45. The van der Waals surface area contributed by atoms with Crippen LogP contribution in [0.2, 0.25) is 0 Å². The molecule has 0 fully saturated rings. The summed E-state index contributed by atoms with van der Waals surface area (Å²) in [5.41, 5.74) is 10.8. The van der Waals surface area contributed by atoms with Crippen LogP contribution in [0.25, 0.3) is 82.4 Å². The van der Waals surface area contributed by atoms with E-state index in [1.165, 1.54) is 65.7 Å². The predicted octanol–water partition coefficient (Wildman–Crippen LogP) is 12.0. The van der Waals surface area contributed by atoms with E-state index in [2.05, 4.69) is 175 Å². The molecular formula is C45H32N2. The third-order valence-corrected chi connectivity index (χ3v) is 9.57. The smallest absolute Gasteiger partial charge is 0.114 e. The van der Waals surface area contributed by atoms with Gasteiger partial charge in [-0.1, -0.05) is 146 Å². The molecule has 0 amide bonds. The molecule has 0 bridgehead atoms. The van der Waals surface area contributed by atoms with Gasteiger partial charge in [-0.25, -0.2) is 4.98 Å². The van der Waals surface area contributed by atoms with Gasteiger partial charge >= 0.3 is 0 Å². The van der Waals surface area contributed by atoms with Crippen molar-refractivity contribution in [1.29, 1.82) is 0 Å². The van der Waals surface area contributed by atoms with Crippen molar-refractivity contribution in [3.05, 3.63) is 170 Å². The molecule has 0 aliphatic rings. The normalized spacial score (nSPS) is 11.6. The predicted molar refractivity (Wildman–Crippen MR) is 199 cm³/mol. The van der Waals surface area contributed by atoms with Gasteiger partial charge in [0.1, 0.15) is 5.82 Å². The Kier molecular flexibility index (Phi) is 6.46. The molecule has 8 aromatic carbocycles. The summed E-state index contributed by atoms with van der Waals surface area (Å²) in [7, 11) is 0. The maximum Gasteiger partial charge on any atom is 0.114 e. The molecule has 47 heavy (non-hydrogen) atoms. The summed E-state index contributed by atoms with van der Waals surface area (Å²) in [6.07, 6.45) is 0.879. The van der Waals surface area contributed by atoms with Gasteiger partial charge in [0.2, 0.25) is 0 Å². The van der Waals surface area contributed by atoms with Crippen LogP contribution in [0, 0.1) is 0 Å². The number of aryl methyl sites for hydroxylation is 1. The maximum absolute atomic E-state index is 4.87. The van der Waals surface area contributed by atoms with Crippen molar-refractivity contribution in [3.63, 3.8) is 0 Å². The molecule has 9 rings (SSSR count). The molecule has 0 atom stereocenters. The zero-order chi connectivity index (χ0) is 31.3. The van der Waals surface area contributed by atoms with Crippen LogP contribution in [-0.4, -0.2) is 9.55 Å². The first-order chi connectivity index (χ1) is 23.3. The zero-order valence-corrected chi connectivity index (χ0v) is 26.2. The fraction of sp³-hybridized carbons (Fsp3) is 0.0444. The minimum atomic E-state index is 0.879. The number of hydrogen-bond donors (Lipinski definition) is 0. The van der Waals surface area contributed by atoms with Crippen LogP contribution >= 0.6 is 0 Å². The summed E-state index contributed by atoms with van der Waals surface area (Å²) in [5.74, 6) is 1.08. The fourth-order valence-electron chi connectivity index (χ4n) is 7.41. The Morgan fingerprint density at radius 1 is 0.447 bits per heavy atom. The van der Waals surface area contributed by atoms with Crippen LogP contribution in [0.15, 0.2) is 164 Å². The molecule has 0 unspecified atom stereocenters. The van der Waals surface area contributed by atoms with Crippen molar-refractivity contribution in [2.45, 2.75) is 13.3 Å². The van der Waals surface area contributed by atoms with E-state index in [9.17, 15) is 0 Å². The van der Waals surface area contributed by atoms with Gasteiger partial charge in [0, 0.05) is 12.1 Å². The Balaban J connectivity index is 1.16. The third-order valence-electron chi connectivity index (χ3n) is 9.57. The first-order valence-corrected chi connectivity index (χ1v) is 16.4. The largest absolute Gasteiger partial charge is 0.296 e. The van der Waals surface area contributed by atoms with Crippen LogP contribution in [0.3, 0.4) is 0 Å². The van der Waals surface area contributed by atoms with E-state index in [-0.39, 0.29) is 0 Å². The summed E-state index contributed by atoms with van der Waals surface area (Å²) in [5, 5.41) is 7.62. The Labute approximate surface area is 274 Å². The lowest BCUT2D eigenvalue weighted by Crippen LogP contribution is -1.99. The Morgan fingerprint density at radius 2 is 0.957 bits per heavy atom. The van der Waals surface area contributed by atoms with Gasteiger partial charge in [-0.3, -0.25) is 4.57 Å². The summed E-state index contributed by atoms with van der Waals surface area (Å²) in [6.45, 7) is 2.16. The standard InChI is InChI=1S/C45H32N2/c1-2-43-46-41-20-9-10-21-42(41)47(43)34-28-26-31(27-29-34)30-22-24-33(25-23-30)44-37-15-5-7-17-39(37)45(40-18-8-6-16-38(40)44)36-19-11-13-32-12-3-4-14-35(32)36/h3-29H,2H2,1H3. The maximum atomic E-state index is 4.87. The molecule has 0 aliphatic heterocycles. The number of nitrogens with zero attached hydrogens (tertiary/aromatic N) is 2. The molecule has 2 nitrogen and oxygen atoms in total. The number of rotatable bonds is 5. The van der Waals surface area contributed by atoms with Crippen LogP contribution in [0.4, 0.5) is 0 Å². The first kappa shape index (κ1) is 27.3. The fourth-order valence-corrected chi connectivity index (χ4v) is 7.41. The van der Waals surface area contributed by atoms with Gasteiger partial charge in [0.25, 0.3) is 0 Å². The van der Waals surface area contributed by atoms with Gasteiger partial charge in [0.15, 0.2) is 0 Å². The minimum absolute atomic E-state index is 0.879. The molecule has 0 saturated heterocycles. The number of imidazole rings is 1. The van der Waals surface area contributed by atoms with Crippen molar-refractivity contribution in [3.8, 4) is 39.1 Å². The average Bonchev–Trinajstić information content (AvgIpc) is 3.53. The van der Waals surface area contributed by atoms with E-state index in [0.29, 0.717) is 0 Å². The number of benzene rings is 8. The summed E-state index contributed by atoms with van der Waals surface area (Å²) >= 11 is 0. The lowest BCUT2D eigenvalue weighted by molar-refractivity contribution is 0.908. The van der Waals surface area contributed by atoms with Crippen molar-refractivity contribution in [2.24, 2.45) is 0 Å². The van der Waals surface area contributed by atoms with E-state index in [4.69, 9.17) is 4.98 Å².